The topological polar surface area (TPSA) is 57.5 Å². The van der Waals surface area contributed by atoms with Gasteiger partial charge in [0.2, 0.25) is 7.37 Å². The summed E-state index contributed by atoms with van der Waals surface area (Å²) >= 11 is 0. The SMILES string of the molecule is C[N+](C)(C)CCP(=O)(O)CCO. The van der Waals surface area contributed by atoms with Crippen LogP contribution in [0, 0.1) is 0 Å². The maximum Gasteiger partial charge on any atom is 0.208 e. The third-order valence-electron chi connectivity index (χ3n) is 1.57. The number of rotatable bonds is 5. The fraction of sp³-hybridized carbons (Fsp3) is 1.00. The van der Waals surface area contributed by atoms with Crippen LogP contribution in [0.3, 0.4) is 0 Å². The Labute approximate surface area is 73.9 Å². The Morgan fingerprint density at radius 1 is 1.25 bits per heavy atom. The molecule has 12 heavy (non-hydrogen) atoms. The van der Waals surface area contributed by atoms with E-state index >= 15 is 0 Å². The molecular weight excluding hydrogens is 177 g/mol. The van der Waals surface area contributed by atoms with Crippen molar-refractivity contribution in [1.82, 2.24) is 0 Å². The Bertz CT molecular complexity index is 176. The largest absolute Gasteiger partial charge is 0.396 e. The Hall–Kier alpha value is 0.110. The van der Waals surface area contributed by atoms with Crippen molar-refractivity contribution in [3.05, 3.63) is 0 Å². The lowest BCUT2D eigenvalue weighted by Crippen LogP contribution is -2.37. The highest BCUT2D eigenvalue weighted by Crippen LogP contribution is 2.39. The quantitative estimate of drug-likeness (QED) is 0.479. The second-order valence-corrected chi connectivity index (χ2v) is 6.62. The van der Waals surface area contributed by atoms with E-state index in [9.17, 15) is 9.46 Å². The van der Waals surface area contributed by atoms with Crippen LogP contribution in [0.4, 0.5) is 0 Å². The molecule has 0 saturated heterocycles. The van der Waals surface area contributed by atoms with Gasteiger partial charge in [-0.1, -0.05) is 0 Å². The molecule has 0 spiro atoms. The van der Waals surface area contributed by atoms with Gasteiger partial charge in [-0.2, -0.15) is 0 Å². The molecule has 0 aliphatic carbocycles. The van der Waals surface area contributed by atoms with Crippen LogP contribution in [-0.2, 0) is 4.57 Å². The molecule has 0 rings (SSSR count). The van der Waals surface area contributed by atoms with Crippen molar-refractivity contribution in [2.24, 2.45) is 0 Å². The van der Waals surface area contributed by atoms with E-state index in [1.165, 1.54) is 0 Å². The Morgan fingerprint density at radius 2 is 1.75 bits per heavy atom. The highest BCUT2D eigenvalue weighted by molar-refractivity contribution is 7.58. The minimum absolute atomic E-state index is 0.0208. The first-order valence-corrected chi connectivity index (χ1v) is 6.02. The summed E-state index contributed by atoms with van der Waals surface area (Å²) in [5.41, 5.74) is 0. The van der Waals surface area contributed by atoms with Gasteiger partial charge in [-0.3, -0.25) is 4.57 Å². The fourth-order valence-electron chi connectivity index (χ4n) is 0.724. The lowest BCUT2D eigenvalue weighted by Gasteiger charge is -2.24. The van der Waals surface area contributed by atoms with Crippen molar-refractivity contribution >= 4 is 7.37 Å². The van der Waals surface area contributed by atoms with Gasteiger partial charge in [0.05, 0.1) is 40.5 Å². The van der Waals surface area contributed by atoms with E-state index in [1.807, 2.05) is 21.1 Å². The van der Waals surface area contributed by atoms with Crippen LogP contribution in [0.1, 0.15) is 0 Å². The second kappa shape index (κ2) is 4.38. The highest BCUT2D eigenvalue weighted by atomic mass is 31.2. The smallest absolute Gasteiger partial charge is 0.208 e. The maximum absolute atomic E-state index is 11.2. The average molecular weight is 196 g/mol. The predicted molar refractivity (Wildman–Crippen MR) is 49.5 cm³/mol. The molecule has 5 heteroatoms. The molecule has 1 atom stereocenters. The van der Waals surface area contributed by atoms with Crippen LogP contribution in [0.25, 0.3) is 0 Å². The van der Waals surface area contributed by atoms with E-state index in [-0.39, 0.29) is 18.9 Å². The van der Waals surface area contributed by atoms with Crippen molar-refractivity contribution in [2.75, 3.05) is 46.6 Å². The van der Waals surface area contributed by atoms with E-state index in [1.54, 1.807) is 0 Å². The van der Waals surface area contributed by atoms with Gasteiger partial charge in [0, 0.05) is 6.16 Å². The fourth-order valence-corrected chi connectivity index (χ4v) is 2.17. The van der Waals surface area contributed by atoms with Crippen molar-refractivity contribution in [2.45, 2.75) is 0 Å². The van der Waals surface area contributed by atoms with Crippen molar-refractivity contribution in [3.63, 3.8) is 0 Å². The first-order valence-electron chi connectivity index (χ1n) is 3.99. The summed E-state index contributed by atoms with van der Waals surface area (Å²) < 4.78 is 11.9. The van der Waals surface area contributed by atoms with Crippen LogP contribution >= 0.6 is 7.37 Å². The molecule has 4 nitrogen and oxygen atoms in total. The summed E-state index contributed by atoms with van der Waals surface area (Å²) in [6, 6.07) is 0. The molecule has 0 amide bonds. The van der Waals surface area contributed by atoms with Crippen LogP contribution < -0.4 is 0 Å². The first-order chi connectivity index (χ1) is 5.27. The van der Waals surface area contributed by atoms with Crippen LogP contribution in [0.15, 0.2) is 0 Å². The van der Waals surface area contributed by atoms with Crippen LogP contribution in [0.2, 0.25) is 0 Å². The lowest BCUT2D eigenvalue weighted by molar-refractivity contribution is -0.867. The third-order valence-corrected chi connectivity index (χ3v) is 3.37. The van der Waals surface area contributed by atoms with E-state index in [0.29, 0.717) is 11.0 Å². The Balaban J connectivity index is 3.84. The second-order valence-electron chi connectivity index (χ2n) is 4.03. The van der Waals surface area contributed by atoms with E-state index in [0.717, 1.165) is 0 Å². The molecule has 0 saturated carbocycles. The van der Waals surface area contributed by atoms with E-state index < -0.39 is 7.37 Å². The summed E-state index contributed by atoms with van der Waals surface area (Å²) in [4.78, 5) is 9.26. The van der Waals surface area contributed by atoms with Gasteiger partial charge < -0.3 is 14.5 Å². The predicted octanol–water partition coefficient (Wildman–Crippen LogP) is -0.0447. The summed E-state index contributed by atoms with van der Waals surface area (Å²) in [6.45, 7) is 0.457. The molecule has 0 aliphatic rings. The summed E-state index contributed by atoms with van der Waals surface area (Å²) in [7, 11) is 2.86. The minimum Gasteiger partial charge on any atom is -0.396 e. The number of hydrogen-bond acceptors (Lipinski definition) is 2. The zero-order chi connectivity index (χ0) is 9.83. The molecule has 2 N–H and O–H groups in total. The molecule has 0 bridgehead atoms. The molecule has 0 aromatic carbocycles. The first kappa shape index (κ1) is 12.1. The number of hydrogen-bond donors (Lipinski definition) is 2. The molecule has 0 aromatic heterocycles. The standard InChI is InChI=1S/C7H18NO3P/c1-8(2,3)4-6-12(10,11)7-5-9/h9H,4-7H2,1-3H3/p+1. The molecule has 0 radical (unpaired) electrons. The summed E-state index contributed by atoms with van der Waals surface area (Å²) in [6.07, 6.45) is 0.310. The van der Waals surface area contributed by atoms with Crippen molar-refractivity contribution in [3.8, 4) is 0 Å². The zero-order valence-electron chi connectivity index (χ0n) is 8.03. The minimum atomic E-state index is -3.05. The van der Waals surface area contributed by atoms with Gasteiger partial charge in [0.1, 0.15) is 0 Å². The van der Waals surface area contributed by atoms with Gasteiger partial charge >= 0.3 is 0 Å². The third kappa shape index (κ3) is 6.80. The molecule has 0 aromatic rings. The van der Waals surface area contributed by atoms with Gasteiger partial charge in [-0.25, -0.2) is 0 Å². The molecular formula is C7H19NO3P+. The number of aliphatic hydroxyl groups is 1. The number of quaternary nitrogens is 1. The van der Waals surface area contributed by atoms with E-state index in [2.05, 4.69) is 0 Å². The van der Waals surface area contributed by atoms with E-state index in [4.69, 9.17) is 5.11 Å². The number of nitrogens with zero attached hydrogens (tertiary/aromatic N) is 1. The maximum atomic E-state index is 11.2. The highest BCUT2D eigenvalue weighted by Gasteiger charge is 2.21. The van der Waals surface area contributed by atoms with Crippen LogP contribution in [0.5, 0.6) is 0 Å². The molecule has 0 aliphatic heterocycles. The monoisotopic (exact) mass is 196 g/mol. The van der Waals surface area contributed by atoms with Gasteiger partial charge in [0.25, 0.3) is 0 Å². The average Bonchev–Trinajstić information content (AvgIpc) is 1.83. The van der Waals surface area contributed by atoms with Crippen molar-refractivity contribution in [1.29, 1.82) is 0 Å². The molecule has 0 fully saturated rings. The lowest BCUT2D eigenvalue weighted by atomic mass is 10.6. The number of aliphatic hydroxyl groups excluding tert-OH is 1. The van der Waals surface area contributed by atoms with Gasteiger partial charge in [-0.15, -0.1) is 0 Å². The van der Waals surface area contributed by atoms with Crippen molar-refractivity contribution < 1.29 is 19.0 Å². The molecule has 0 heterocycles. The molecule has 74 valence electrons. The summed E-state index contributed by atoms with van der Waals surface area (Å²) in [5.74, 6) is 0. The Kier molecular flexibility index (Phi) is 4.42. The van der Waals surface area contributed by atoms with Crippen LogP contribution in [-0.4, -0.2) is 61.1 Å². The zero-order valence-corrected chi connectivity index (χ0v) is 8.92. The Morgan fingerprint density at radius 3 is 2.08 bits per heavy atom. The van der Waals surface area contributed by atoms with Gasteiger partial charge in [0.15, 0.2) is 0 Å². The summed E-state index contributed by atoms with van der Waals surface area (Å²) in [5, 5.41) is 8.49. The van der Waals surface area contributed by atoms with Gasteiger partial charge in [-0.05, 0) is 0 Å². The normalized spacial score (nSPS) is 17.4. The molecule has 1 unspecified atom stereocenters.